The topological polar surface area (TPSA) is 94.1 Å². The van der Waals surface area contributed by atoms with E-state index >= 15 is 0 Å². The predicted octanol–water partition coefficient (Wildman–Crippen LogP) is -0.0630. The highest BCUT2D eigenvalue weighted by molar-refractivity contribution is 9.10. The summed E-state index contributed by atoms with van der Waals surface area (Å²) >= 11 is 3.13. The quantitative estimate of drug-likeness (QED) is 0.833. The first-order valence-corrected chi connectivity index (χ1v) is 7.95. The summed E-state index contributed by atoms with van der Waals surface area (Å²) in [6, 6.07) is 0. The average molecular weight is 338 g/mol. The molecule has 0 radical (unpaired) electrons. The molecule has 1 aromatic rings. The largest absolute Gasteiger partial charge is 0.330 e. The van der Waals surface area contributed by atoms with Crippen LogP contribution in [0, 0.1) is 5.92 Å². The highest BCUT2D eigenvalue weighted by Crippen LogP contribution is 2.26. The van der Waals surface area contributed by atoms with Gasteiger partial charge in [-0.3, -0.25) is 0 Å². The van der Waals surface area contributed by atoms with Crippen molar-refractivity contribution in [3.05, 3.63) is 4.60 Å². The molecular formula is C9H16BrN5O2S. The van der Waals surface area contributed by atoms with Crippen molar-refractivity contribution >= 4 is 26.0 Å². The Balaban J connectivity index is 2.31. The fourth-order valence-corrected chi connectivity index (χ4v) is 4.74. The van der Waals surface area contributed by atoms with E-state index in [1.807, 2.05) is 0 Å². The summed E-state index contributed by atoms with van der Waals surface area (Å²) in [5, 5.41) is 7.52. The first kappa shape index (κ1) is 13.9. The third-order valence-corrected chi connectivity index (χ3v) is 5.89. The van der Waals surface area contributed by atoms with E-state index in [1.54, 1.807) is 7.05 Å². The van der Waals surface area contributed by atoms with E-state index < -0.39 is 10.0 Å². The third kappa shape index (κ3) is 2.44. The van der Waals surface area contributed by atoms with Gasteiger partial charge in [-0.2, -0.15) is 4.31 Å². The molecule has 1 unspecified atom stereocenters. The molecule has 1 aliphatic heterocycles. The van der Waals surface area contributed by atoms with Crippen LogP contribution >= 0.6 is 15.9 Å². The fraction of sp³-hybridized carbons (Fsp3) is 0.778. The molecule has 0 spiro atoms. The number of hydrogen-bond acceptors (Lipinski definition) is 5. The molecule has 2 N–H and O–H groups in total. The second-order valence-corrected chi connectivity index (χ2v) is 7.02. The molecule has 1 saturated heterocycles. The van der Waals surface area contributed by atoms with Gasteiger partial charge < -0.3 is 5.73 Å². The van der Waals surface area contributed by atoms with Crippen molar-refractivity contribution in [1.82, 2.24) is 19.3 Å². The van der Waals surface area contributed by atoms with Crippen LogP contribution in [0.25, 0.3) is 0 Å². The Bertz CT molecular complexity index is 510. The van der Waals surface area contributed by atoms with Gasteiger partial charge in [0.1, 0.15) is 0 Å². The molecule has 2 rings (SSSR count). The lowest BCUT2D eigenvalue weighted by Gasteiger charge is -2.30. The highest BCUT2D eigenvalue weighted by atomic mass is 79.9. The van der Waals surface area contributed by atoms with Crippen molar-refractivity contribution in [2.24, 2.45) is 18.7 Å². The van der Waals surface area contributed by atoms with E-state index in [0.717, 1.165) is 12.8 Å². The van der Waals surface area contributed by atoms with Crippen LogP contribution in [0.1, 0.15) is 12.8 Å². The van der Waals surface area contributed by atoms with Gasteiger partial charge in [-0.15, -0.1) is 5.10 Å². The Labute approximate surface area is 115 Å². The van der Waals surface area contributed by atoms with Gasteiger partial charge in [-0.1, -0.05) is 5.21 Å². The van der Waals surface area contributed by atoms with Crippen LogP contribution < -0.4 is 5.73 Å². The van der Waals surface area contributed by atoms with Gasteiger partial charge in [-0.25, -0.2) is 13.1 Å². The van der Waals surface area contributed by atoms with Crippen molar-refractivity contribution in [3.8, 4) is 0 Å². The molecule has 1 fully saturated rings. The van der Waals surface area contributed by atoms with Crippen LogP contribution in [0.3, 0.4) is 0 Å². The van der Waals surface area contributed by atoms with Gasteiger partial charge in [0, 0.05) is 20.1 Å². The fourth-order valence-electron chi connectivity index (χ4n) is 2.16. The number of halogens is 1. The Morgan fingerprint density at radius 2 is 2.28 bits per heavy atom. The molecule has 7 nitrogen and oxygen atoms in total. The highest BCUT2D eigenvalue weighted by Gasteiger charge is 2.34. The lowest BCUT2D eigenvalue weighted by molar-refractivity contribution is 0.270. The van der Waals surface area contributed by atoms with Gasteiger partial charge in [0.15, 0.2) is 4.60 Å². The van der Waals surface area contributed by atoms with Crippen LogP contribution in [0.15, 0.2) is 9.63 Å². The number of nitrogens with two attached hydrogens (primary N) is 1. The van der Waals surface area contributed by atoms with Gasteiger partial charge in [0.05, 0.1) is 0 Å². The van der Waals surface area contributed by atoms with E-state index in [0.29, 0.717) is 19.6 Å². The molecule has 9 heteroatoms. The number of aromatic nitrogens is 3. The Morgan fingerprint density at radius 3 is 2.83 bits per heavy atom. The number of sulfonamides is 1. The van der Waals surface area contributed by atoms with Crippen molar-refractivity contribution in [1.29, 1.82) is 0 Å². The number of rotatable bonds is 3. The molecule has 1 aromatic heterocycles. The average Bonchev–Trinajstić information content (AvgIpc) is 2.69. The molecule has 0 amide bonds. The summed E-state index contributed by atoms with van der Waals surface area (Å²) in [5.41, 5.74) is 5.63. The summed E-state index contributed by atoms with van der Waals surface area (Å²) in [6.07, 6.45) is 1.82. The zero-order valence-electron chi connectivity index (χ0n) is 10.1. The number of piperidine rings is 1. The number of hydrogen-bond donors (Lipinski definition) is 1. The number of aryl methyl sites for hydroxylation is 1. The minimum Gasteiger partial charge on any atom is -0.330 e. The minimum atomic E-state index is -3.55. The first-order valence-electron chi connectivity index (χ1n) is 5.72. The maximum Gasteiger partial charge on any atom is 0.263 e. The zero-order valence-corrected chi connectivity index (χ0v) is 12.5. The zero-order chi connectivity index (χ0) is 13.3. The van der Waals surface area contributed by atoms with Gasteiger partial charge >= 0.3 is 0 Å². The lowest BCUT2D eigenvalue weighted by atomic mass is 10.0. The van der Waals surface area contributed by atoms with E-state index in [1.165, 1.54) is 8.99 Å². The molecular weight excluding hydrogens is 322 g/mol. The maximum atomic E-state index is 12.5. The normalized spacial score (nSPS) is 22.3. The molecule has 102 valence electrons. The maximum absolute atomic E-state index is 12.5. The van der Waals surface area contributed by atoms with Crippen molar-refractivity contribution in [2.75, 3.05) is 19.6 Å². The SMILES string of the molecule is Cn1nnc(Br)c1S(=O)(=O)N1CCCC(CN)C1. The van der Waals surface area contributed by atoms with Crippen LogP contribution in [-0.4, -0.2) is 47.4 Å². The van der Waals surface area contributed by atoms with Gasteiger partial charge in [0.25, 0.3) is 10.0 Å². The molecule has 1 atom stereocenters. The molecule has 0 saturated carbocycles. The van der Waals surface area contributed by atoms with E-state index in [-0.39, 0.29) is 15.5 Å². The minimum absolute atomic E-state index is 0.0974. The van der Waals surface area contributed by atoms with Crippen molar-refractivity contribution in [2.45, 2.75) is 17.9 Å². The molecule has 18 heavy (non-hydrogen) atoms. The monoisotopic (exact) mass is 337 g/mol. The molecule has 0 aromatic carbocycles. The van der Waals surface area contributed by atoms with Gasteiger partial charge in [0.2, 0.25) is 5.03 Å². The molecule has 0 aliphatic carbocycles. The lowest BCUT2D eigenvalue weighted by Crippen LogP contribution is -2.42. The van der Waals surface area contributed by atoms with E-state index in [2.05, 4.69) is 26.2 Å². The summed E-state index contributed by atoms with van der Waals surface area (Å²) in [6.45, 7) is 1.50. The van der Waals surface area contributed by atoms with E-state index in [9.17, 15) is 8.42 Å². The van der Waals surface area contributed by atoms with Crippen molar-refractivity contribution in [3.63, 3.8) is 0 Å². The summed E-state index contributed by atoms with van der Waals surface area (Å²) in [7, 11) is -1.99. The van der Waals surface area contributed by atoms with E-state index in [4.69, 9.17) is 5.73 Å². The molecule has 0 bridgehead atoms. The molecule has 2 heterocycles. The standard InChI is InChI=1S/C9H16BrN5O2S/c1-14-9(8(10)12-13-14)18(16,17)15-4-2-3-7(5-11)6-15/h7H,2-6,11H2,1H3. The Morgan fingerprint density at radius 1 is 1.56 bits per heavy atom. The van der Waals surface area contributed by atoms with Crippen LogP contribution in [-0.2, 0) is 17.1 Å². The summed E-state index contributed by atoms with van der Waals surface area (Å²) < 4.78 is 28.0. The first-order chi connectivity index (χ1) is 8.46. The number of nitrogens with zero attached hydrogens (tertiary/aromatic N) is 4. The smallest absolute Gasteiger partial charge is 0.263 e. The molecule has 1 aliphatic rings. The summed E-state index contributed by atoms with van der Waals surface area (Å²) in [5.74, 6) is 0.230. The van der Waals surface area contributed by atoms with Crippen LogP contribution in [0.4, 0.5) is 0 Å². The third-order valence-electron chi connectivity index (χ3n) is 3.14. The Kier molecular flexibility index (Phi) is 4.05. The van der Waals surface area contributed by atoms with Crippen LogP contribution in [0.2, 0.25) is 0 Å². The summed E-state index contributed by atoms with van der Waals surface area (Å²) in [4.78, 5) is 0. The van der Waals surface area contributed by atoms with Crippen LogP contribution in [0.5, 0.6) is 0 Å². The van der Waals surface area contributed by atoms with Crippen molar-refractivity contribution < 1.29 is 8.42 Å². The second-order valence-electron chi connectivity index (χ2n) is 4.42. The predicted molar refractivity (Wildman–Crippen MR) is 69.2 cm³/mol. The van der Waals surface area contributed by atoms with Gasteiger partial charge in [-0.05, 0) is 41.2 Å². The second kappa shape index (κ2) is 5.24. The Hall–Kier alpha value is -0.510.